The van der Waals surface area contributed by atoms with Crippen molar-refractivity contribution in [1.29, 1.82) is 0 Å². The number of nitrogens with zero attached hydrogens (tertiary/aromatic N) is 11. The van der Waals surface area contributed by atoms with E-state index in [4.69, 9.17) is 17.3 Å². The number of aromatic nitrogens is 10. The Morgan fingerprint density at radius 1 is 0.731 bits per heavy atom. The fourth-order valence-electron chi connectivity index (χ4n) is 4.44. The lowest BCUT2D eigenvalue weighted by atomic mass is 10.3. The molecule has 5 heterocycles. The van der Waals surface area contributed by atoms with E-state index < -0.39 is 31.5 Å². The number of carbonyl (C=O) groups excluding carboxylic acids is 2. The van der Waals surface area contributed by atoms with Crippen LogP contribution < -0.4 is 28.3 Å². The lowest BCUT2D eigenvalue weighted by Gasteiger charge is -1.90. The number of anilines is 1. The number of H-pyrrole nitrogens is 2. The molecule has 5 aromatic heterocycles. The maximum atomic E-state index is 10.9. The van der Waals surface area contributed by atoms with Gasteiger partial charge in [-0.05, 0) is 103 Å². The van der Waals surface area contributed by atoms with E-state index in [9.17, 15) is 54.1 Å². The first-order valence-electron chi connectivity index (χ1n) is 18.4. The number of nitrogens with one attached hydrogen (secondary N) is 2. The van der Waals surface area contributed by atoms with E-state index in [2.05, 4.69) is 75.4 Å². The van der Waals surface area contributed by atoms with Gasteiger partial charge in [-0.3, -0.25) is 82.6 Å². The molecule has 5 aromatic rings. The third kappa shape index (κ3) is 26.1. The van der Waals surface area contributed by atoms with Crippen LogP contribution in [0.25, 0.3) is 0 Å². The summed E-state index contributed by atoms with van der Waals surface area (Å²) in [6.45, 7) is 13.4. The predicted molar refractivity (Wildman–Crippen MR) is 259 cm³/mol. The zero-order chi connectivity index (χ0) is 54.0. The van der Waals surface area contributed by atoms with Gasteiger partial charge in [0.15, 0.2) is 0 Å². The molecule has 0 atom stereocenters. The molecule has 0 spiro atoms. The molecule has 0 aromatic carbocycles. The van der Waals surface area contributed by atoms with Crippen LogP contribution in [-0.2, 0) is 54.1 Å². The molecule has 0 amide bonds. The van der Waals surface area contributed by atoms with Crippen molar-refractivity contribution in [3.8, 4) is 0 Å². The van der Waals surface area contributed by atoms with Gasteiger partial charge in [0.05, 0.1) is 39.0 Å². The fraction of sp³-hybridized carbons (Fsp3) is 0.500. The van der Waals surface area contributed by atoms with Gasteiger partial charge in [-0.2, -0.15) is 15.3 Å². The molecular weight excluding hydrogens is 997 g/mol. The standard InChI is InChI=1S/C6H9N3O2.C6H11N3.C5H6ClN3O2.C5H7N3O3.C5H8N2O.C5H8O3.2CH5N.Cl3OP.H2/c1-4-6(9(10)11)5(2)8(3)7-4;1-4-6(7)5(2)9(3)8-4;1-3-4(9(10)11)5(6)8(2)7-3;1-3-4(8(10)11)5(9)7(2)6-3;1-4-3-5(8)7(2)6-4;1-4(6)3-5(7)8-2;2*1-2;1-5(2,3)4;/h1-3H3;7H2,1-3H3;1-2H3;6H,1-2H3;3,6H,1-2H3;3H2,1-2H3;2*2H2,1H3;;1H. The van der Waals surface area contributed by atoms with Crippen molar-refractivity contribution >= 4 is 85.0 Å². The lowest BCUT2D eigenvalue weighted by Crippen LogP contribution is -2.14. The third-order valence-corrected chi connectivity index (χ3v) is 7.96. The number of nitro groups is 3. The minimum Gasteiger partial charge on any atom is -0.469 e. The topological polar surface area (TPSA) is 397 Å². The van der Waals surface area contributed by atoms with E-state index in [0.29, 0.717) is 17.1 Å². The molecule has 0 bridgehead atoms. The molecule has 0 unspecified atom stereocenters. The number of aromatic amines is 2. The molecule has 0 aliphatic heterocycles. The number of hydrogen-bond donors (Lipinski definition) is 5. The Bertz CT molecular complexity index is 2470. The molecule has 5 rings (SSSR count). The van der Waals surface area contributed by atoms with Crippen LogP contribution in [0.15, 0.2) is 15.7 Å². The van der Waals surface area contributed by atoms with Gasteiger partial charge >= 0.3 is 33.8 Å². The average molecular weight is 1060 g/mol. The first-order chi connectivity index (χ1) is 30.6. The number of nitrogen functional groups attached to an aromatic ring is 1. The monoisotopic (exact) mass is 1060 g/mol. The van der Waals surface area contributed by atoms with E-state index in [0.717, 1.165) is 27.5 Å². The second-order valence-electron chi connectivity index (χ2n) is 12.6. The second-order valence-corrected chi connectivity index (χ2v) is 19.6. The molecule has 0 aliphatic rings. The molecule has 28 nitrogen and oxygen atoms in total. The lowest BCUT2D eigenvalue weighted by molar-refractivity contribution is -0.386. The van der Waals surface area contributed by atoms with Gasteiger partial charge in [-0.15, -0.1) is 0 Å². The SMILES string of the molecule is CN.CN.COC(=O)CC(C)=O.Cc1[nH]n(C)c(=O)c1[N+](=O)[O-].Cc1cc(=O)n(C)[nH]1.Cc1nn(C)c(C)c1N.Cc1nn(C)c(C)c1[N+](=O)[O-].Cc1nn(C)c(Cl)c1[N+](=O)[O-].O=P(Cl)(Cl)Cl.[HH]. The van der Waals surface area contributed by atoms with Gasteiger partial charge in [0.2, 0.25) is 5.15 Å². The number of hydrogen-bond acceptors (Lipinski definition) is 18. The number of Topliss-reactive ketones (excluding diaryl/α,β-unsaturated/α-hetero) is 1. The predicted octanol–water partition coefficient (Wildman–Crippen LogP) is 5.15. The third-order valence-electron chi connectivity index (χ3n) is 7.54. The van der Waals surface area contributed by atoms with E-state index in [-0.39, 0.29) is 47.1 Å². The highest BCUT2D eigenvalue weighted by Gasteiger charge is 2.22. The molecule has 0 saturated heterocycles. The highest BCUT2D eigenvalue weighted by molar-refractivity contribution is 8.24. The summed E-state index contributed by atoms with van der Waals surface area (Å²) in [5, 5.41) is 44.9. The summed E-state index contributed by atoms with van der Waals surface area (Å²) in [6.07, 6.45) is -0.115. The van der Waals surface area contributed by atoms with Crippen molar-refractivity contribution in [2.75, 3.05) is 26.9 Å². The molecule has 0 aliphatic carbocycles. The zero-order valence-electron chi connectivity index (χ0n) is 39.8. The summed E-state index contributed by atoms with van der Waals surface area (Å²) in [6, 6.07) is 1.56. The summed E-state index contributed by atoms with van der Waals surface area (Å²) >= 11 is 19.4. The van der Waals surface area contributed by atoms with E-state index in [1.807, 2.05) is 27.8 Å². The smallest absolute Gasteiger partial charge is 0.355 e. The summed E-state index contributed by atoms with van der Waals surface area (Å²) in [4.78, 5) is 71.1. The molecule has 33 heteroatoms. The van der Waals surface area contributed by atoms with Gasteiger partial charge in [0.25, 0.3) is 5.56 Å². The van der Waals surface area contributed by atoms with Crippen molar-refractivity contribution in [3.05, 3.63) is 102 Å². The number of ether oxygens (including phenoxy) is 1. The molecule has 0 radical (unpaired) electrons. The first-order valence-corrected chi connectivity index (χ1v) is 23.2. The highest BCUT2D eigenvalue weighted by Crippen LogP contribution is 2.61. The van der Waals surface area contributed by atoms with Crippen molar-refractivity contribution < 1.29 is 35.1 Å². The van der Waals surface area contributed by atoms with E-state index >= 15 is 0 Å². The van der Waals surface area contributed by atoms with Crippen molar-refractivity contribution in [3.63, 3.8) is 0 Å². The Hall–Kier alpha value is -5.90. The number of methoxy groups -OCH3 is 1. The van der Waals surface area contributed by atoms with Crippen LogP contribution in [0.3, 0.4) is 0 Å². The quantitative estimate of drug-likeness (QED) is 0.0499. The number of halogens is 4. The van der Waals surface area contributed by atoms with Gasteiger partial charge in [-0.1, -0.05) is 11.6 Å². The van der Waals surface area contributed by atoms with Crippen LogP contribution in [0.5, 0.6) is 0 Å². The van der Waals surface area contributed by atoms with Gasteiger partial charge in [0.1, 0.15) is 35.0 Å². The second kappa shape index (κ2) is 32.7. The molecule has 0 saturated carbocycles. The van der Waals surface area contributed by atoms with Crippen LogP contribution >= 0.6 is 50.5 Å². The van der Waals surface area contributed by atoms with Gasteiger partial charge in [-0.25, -0.2) is 0 Å². The molecule has 8 N–H and O–H groups in total. The minimum atomic E-state index is -3.22. The zero-order valence-corrected chi connectivity index (χ0v) is 43.7. The Morgan fingerprint density at radius 3 is 1.25 bits per heavy atom. The number of aryl methyl sites for hydroxylation is 10. The molecule has 0 fully saturated rings. The summed E-state index contributed by atoms with van der Waals surface area (Å²) in [5.41, 5.74) is 19.0. The van der Waals surface area contributed by atoms with Gasteiger partial charge < -0.3 is 27.0 Å². The highest BCUT2D eigenvalue weighted by atomic mass is 36.0. The number of esters is 1. The van der Waals surface area contributed by atoms with Gasteiger partial charge in [0, 0.05) is 48.4 Å². The molecular formula is C34H61Cl4N16O12P. The maximum Gasteiger partial charge on any atom is 0.355 e. The van der Waals surface area contributed by atoms with E-state index in [1.165, 1.54) is 56.1 Å². The molecule has 382 valence electrons. The van der Waals surface area contributed by atoms with Crippen molar-refractivity contribution in [2.24, 2.45) is 46.7 Å². The average Bonchev–Trinajstić information content (AvgIpc) is 3.90. The Kier molecular flexibility index (Phi) is 33.1. The summed E-state index contributed by atoms with van der Waals surface area (Å²) < 4.78 is 20.8. The fourth-order valence-corrected chi connectivity index (χ4v) is 4.69. The first kappa shape index (κ1) is 67.7. The number of ketones is 1. The number of nitrogens with two attached hydrogens (primary N) is 3. The Balaban J connectivity index is -0.000000226. The number of carbonyl (C=O) groups is 2. The summed E-state index contributed by atoms with van der Waals surface area (Å²) in [5.74, 6) is -0.644. The maximum absolute atomic E-state index is 10.9. The van der Waals surface area contributed by atoms with Crippen molar-refractivity contribution in [2.45, 2.75) is 61.8 Å². The summed E-state index contributed by atoms with van der Waals surface area (Å²) in [7, 11) is 12.5. The van der Waals surface area contributed by atoms with Crippen LogP contribution in [0.2, 0.25) is 5.15 Å². The largest absolute Gasteiger partial charge is 0.469 e. The number of rotatable bonds is 5. The normalized spacial score (nSPS) is 9.52. The van der Waals surface area contributed by atoms with Crippen molar-refractivity contribution in [1.82, 2.24) is 48.9 Å². The van der Waals surface area contributed by atoms with Crippen LogP contribution in [-0.4, -0.2) is 96.6 Å². The Morgan fingerprint density at radius 2 is 1.12 bits per heavy atom. The van der Waals surface area contributed by atoms with E-state index in [1.54, 1.807) is 52.7 Å². The Labute approximate surface area is 405 Å². The van der Waals surface area contributed by atoms with Crippen LogP contribution in [0.4, 0.5) is 22.7 Å². The van der Waals surface area contributed by atoms with Crippen LogP contribution in [0.1, 0.15) is 54.6 Å². The molecule has 67 heavy (non-hydrogen) atoms. The van der Waals surface area contributed by atoms with Crippen LogP contribution in [0, 0.1) is 78.8 Å². The minimum absolute atomic E-state index is 0.